The summed E-state index contributed by atoms with van der Waals surface area (Å²) in [6.07, 6.45) is 2.14. The van der Waals surface area contributed by atoms with E-state index in [0.717, 1.165) is 12.8 Å². The van der Waals surface area contributed by atoms with Crippen molar-refractivity contribution < 1.29 is 19.8 Å². The highest BCUT2D eigenvalue weighted by Crippen LogP contribution is 2.57. The number of hydrogen-bond donors (Lipinski definition) is 2. The Labute approximate surface area is 189 Å². The summed E-state index contributed by atoms with van der Waals surface area (Å²) in [5, 5.41) is 30.6. The third kappa shape index (κ3) is 3.81. The molecule has 2 aliphatic carbocycles. The number of aryl methyl sites for hydroxylation is 1. The van der Waals surface area contributed by atoms with Crippen molar-refractivity contribution >= 4 is 11.7 Å². The second kappa shape index (κ2) is 8.18. The van der Waals surface area contributed by atoms with Crippen LogP contribution < -0.4 is 9.96 Å². The van der Waals surface area contributed by atoms with Crippen molar-refractivity contribution in [1.29, 1.82) is 0 Å². The molecule has 32 heavy (non-hydrogen) atoms. The number of aliphatic hydroxyl groups is 1. The van der Waals surface area contributed by atoms with E-state index in [-0.39, 0.29) is 28.2 Å². The van der Waals surface area contributed by atoms with E-state index in [4.69, 9.17) is 9.94 Å². The molecule has 0 heterocycles. The lowest BCUT2D eigenvalue weighted by Crippen LogP contribution is -2.56. The molecule has 0 aromatic heterocycles. The lowest BCUT2D eigenvalue weighted by molar-refractivity contribution is -0.159. The van der Waals surface area contributed by atoms with E-state index in [9.17, 15) is 15.1 Å². The van der Waals surface area contributed by atoms with Gasteiger partial charge in [-0.05, 0) is 90.8 Å². The Morgan fingerprint density at radius 2 is 1.84 bits per heavy atom. The summed E-state index contributed by atoms with van der Waals surface area (Å²) in [4.78, 5) is 13.5. The van der Waals surface area contributed by atoms with Crippen molar-refractivity contribution in [3.05, 3.63) is 64.4 Å². The molecule has 172 valence electrons. The Kier molecular flexibility index (Phi) is 5.82. The monoisotopic (exact) mass is 438 g/mol. The Morgan fingerprint density at radius 3 is 2.47 bits per heavy atom. The van der Waals surface area contributed by atoms with Gasteiger partial charge in [0.1, 0.15) is 5.75 Å². The smallest absolute Gasteiger partial charge is 0.317 e. The zero-order valence-electron chi connectivity index (χ0n) is 19.2. The summed E-state index contributed by atoms with van der Waals surface area (Å²) in [6.45, 7) is 8.47. The first-order valence-corrected chi connectivity index (χ1v) is 11.3. The number of benzene rings is 2. The van der Waals surface area contributed by atoms with E-state index in [2.05, 4.69) is 39.0 Å². The summed E-state index contributed by atoms with van der Waals surface area (Å²) in [7, 11) is 0. The molecule has 2 aliphatic rings. The van der Waals surface area contributed by atoms with Crippen LogP contribution in [0.2, 0.25) is 0 Å². The highest BCUT2D eigenvalue weighted by molar-refractivity contribution is 5.80. The number of fused-ring (bicyclic) bond motifs is 3. The topological polar surface area (TPSA) is 93.1 Å². The van der Waals surface area contributed by atoms with Crippen LogP contribution in [0.3, 0.4) is 0 Å². The lowest BCUT2D eigenvalue weighted by Gasteiger charge is -2.55. The molecule has 4 atom stereocenters. The van der Waals surface area contributed by atoms with Crippen LogP contribution in [-0.4, -0.2) is 22.4 Å². The van der Waals surface area contributed by atoms with Crippen molar-refractivity contribution in [2.45, 2.75) is 70.8 Å². The van der Waals surface area contributed by atoms with E-state index < -0.39 is 11.5 Å². The summed E-state index contributed by atoms with van der Waals surface area (Å²) >= 11 is 0. The fourth-order valence-electron chi connectivity index (χ4n) is 6.10. The molecule has 0 aliphatic heterocycles. The Morgan fingerprint density at radius 1 is 1.16 bits per heavy atom. The van der Waals surface area contributed by atoms with E-state index in [0.29, 0.717) is 24.5 Å². The average Bonchev–Trinajstić information content (AvgIpc) is 2.73. The minimum absolute atomic E-state index is 0.0390. The normalized spacial score (nSPS) is 29.2. The van der Waals surface area contributed by atoms with Crippen LogP contribution in [0, 0.1) is 16.5 Å². The molecule has 2 N–H and O–H groups in total. The molecule has 6 nitrogen and oxygen atoms in total. The summed E-state index contributed by atoms with van der Waals surface area (Å²) in [6, 6.07) is 12.4. The van der Waals surface area contributed by atoms with Crippen LogP contribution in [0.4, 0.5) is 5.69 Å². The zero-order valence-corrected chi connectivity index (χ0v) is 19.2. The molecule has 6 heteroatoms. The van der Waals surface area contributed by atoms with Gasteiger partial charge in [0.25, 0.3) is 0 Å². The molecule has 0 radical (unpaired) electrons. The van der Waals surface area contributed by atoms with Crippen molar-refractivity contribution in [2.75, 3.05) is 5.23 Å². The Hall–Kier alpha value is -2.41. The summed E-state index contributed by atoms with van der Waals surface area (Å²) in [5.74, 6) is 0.429. The number of esters is 1. The third-order valence-corrected chi connectivity index (χ3v) is 7.71. The van der Waals surface area contributed by atoms with Gasteiger partial charge in [0.05, 0.1) is 17.2 Å². The summed E-state index contributed by atoms with van der Waals surface area (Å²) < 4.78 is 5.72. The van der Waals surface area contributed by atoms with Gasteiger partial charge < -0.3 is 20.3 Å². The molecule has 1 saturated carbocycles. The second-order valence-corrected chi connectivity index (χ2v) is 10.2. The van der Waals surface area contributed by atoms with Gasteiger partial charge in [-0.3, -0.25) is 10.0 Å². The van der Waals surface area contributed by atoms with Crippen molar-refractivity contribution in [1.82, 2.24) is 0 Å². The molecule has 4 rings (SSSR count). The number of anilines is 1. The zero-order chi connectivity index (χ0) is 23.3. The largest absolute Gasteiger partial charge is 0.733 e. The number of rotatable bonds is 4. The number of aliphatic hydroxyl groups excluding tert-OH is 1. The quantitative estimate of drug-likeness (QED) is 0.392. The molecule has 1 fully saturated rings. The van der Waals surface area contributed by atoms with Crippen LogP contribution in [0.5, 0.6) is 5.75 Å². The maximum Gasteiger partial charge on any atom is 0.317 e. The molecule has 2 aromatic rings. The fourth-order valence-corrected chi connectivity index (χ4v) is 6.10. The molecule has 0 unspecified atom stereocenters. The predicted octanol–water partition coefficient (Wildman–Crippen LogP) is 5.09. The highest BCUT2D eigenvalue weighted by atomic mass is 16.8. The van der Waals surface area contributed by atoms with Crippen molar-refractivity contribution in [3.8, 4) is 5.75 Å². The fraction of sp³-hybridized carbons (Fsp3) is 0.500. The van der Waals surface area contributed by atoms with Gasteiger partial charge in [0, 0.05) is 0 Å². The van der Waals surface area contributed by atoms with Crippen LogP contribution in [-0.2, 0) is 16.6 Å². The first-order chi connectivity index (χ1) is 15.0. The van der Waals surface area contributed by atoms with Gasteiger partial charge in [-0.15, -0.1) is 0 Å². The Balaban J connectivity index is 1.65. The first-order valence-electron chi connectivity index (χ1n) is 11.3. The molecule has 0 bridgehead atoms. The van der Waals surface area contributed by atoms with Crippen molar-refractivity contribution in [3.63, 3.8) is 0 Å². The van der Waals surface area contributed by atoms with Gasteiger partial charge in [-0.1, -0.05) is 39.0 Å². The van der Waals surface area contributed by atoms with Crippen LogP contribution in [0.15, 0.2) is 42.5 Å². The number of hydrogen-bond acceptors (Lipinski definition) is 6. The second-order valence-electron chi connectivity index (χ2n) is 10.2. The maximum absolute atomic E-state index is 13.5. The standard InChI is InChI=1S/C26H32NO5/c1-16(2)17-5-11-22-18(13-17)6-12-23-25(22,3)14-20(28)15-26(23,4)24(29)32-21-9-7-19(8-10-21)27(30)31/h5,7-11,13,16,20,23,28,30H,6,12,14-15H2,1-4H3/q-1/t20-,23+,25+,26+/m0/s1. The average molecular weight is 439 g/mol. The molecule has 2 aromatic carbocycles. The number of nitrogens with zero attached hydrogens (tertiary/aromatic N) is 1. The number of carbonyl (C=O) groups excluding carboxylic acids is 1. The molecule has 0 amide bonds. The van der Waals surface area contributed by atoms with E-state index >= 15 is 0 Å². The summed E-state index contributed by atoms with van der Waals surface area (Å²) in [5.41, 5.74) is 2.76. The molecule has 0 spiro atoms. The van der Waals surface area contributed by atoms with E-state index in [1.54, 1.807) is 0 Å². The van der Waals surface area contributed by atoms with Crippen LogP contribution in [0.1, 0.15) is 69.6 Å². The van der Waals surface area contributed by atoms with E-state index in [1.807, 2.05) is 6.92 Å². The highest BCUT2D eigenvalue weighted by Gasteiger charge is 2.58. The minimum atomic E-state index is -0.846. The van der Waals surface area contributed by atoms with Gasteiger partial charge in [0.2, 0.25) is 0 Å². The number of carbonyl (C=O) groups is 1. The molecule has 0 saturated heterocycles. The van der Waals surface area contributed by atoms with Crippen LogP contribution in [0.25, 0.3) is 0 Å². The van der Waals surface area contributed by atoms with Gasteiger partial charge >= 0.3 is 5.97 Å². The SMILES string of the molecule is CC(C)c1ccc2c(c1)CC[C@H]1[C@](C)(C(=O)Oc3ccc(N([O-])O)cc3)C[C@@H](O)C[C@]21C. The molecular weight excluding hydrogens is 406 g/mol. The van der Waals surface area contributed by atoms with Gasteiger partial charge in [-0.2, -0.15) is 0 Å². The third-order valence-electron chi connectivity index (χ3n) is 7.71. The van der Waals surface area contributed by atoms with E-state index in [1.165, 1.54) is 41.0 Å². The number of ether oxygens (including phenoxy) is 1. The van der Waals surface area contributed by atoms with Crippen molar-refractivity contribution in [2.24, 2.45) is 11.3 Å². The van der Waals surface area contributed by atoms with Gasteiger partial charge in [-0.25, -0.2) is 0 Å². The Bertz CT molecular complexity index is 1000. The van der Waals surface area contributed by atoms with Gasteiger partial charge in [0.15, 0.2) is 0 Å². The first kappa shape index (κ1) is 22.8. The maximum atomic E-state index is 13.5. The van der Waals surface area contributed by atoms with Crippen LogP contribution >= 0.6 is 0 Å². The minimum Gasteiger partial charge on any atom is -0.733 e. The predicted molar refractivity (Wildman–Crippen MR) is 123 cm³/mol. The molecular formula is C26H32NO5-. The lowest BCUT2D eigenvalue weighted by atomic mass is 9.49.